The molecule has 0 aliphatic carbocycles. The number of hydrogen-bond donors (Lipinski definition) is 2. The van der Waals surface area contributed by atoms with Gasteiger partial charge in [-0.2, -0.15) is 0 Å². The highest BCUT2D eigenvalue weighted by atomic mass is 32.1. The van der Waals surface area contributed by atoms with Gasteiger partial charge in [-0.15, -0.1) is 0 Å². The molecule has 0 bridgehead atoms. The number of carbonyl (C=O) groups excluding carboxylic acids is 1. The highest BCUT2D eigenvalue weighted by Crippen LogP contribution is 2.41. The van der Waals surface area contributed by atoms with Crippen LogP contribution in [0.1, 0.15) is 41.1 Å². The van der Waals surface area contributed by atoms with Crippen molar-refractivity contribution in [3.8, 4) is 5.69 Å². The molecule has 2 N–H and O–H groups in total. The molecule has 0 spiro atoms. The van der Waals surface area contributed by atoms with Gasteiger partial charge in [-0.05, 0) is 86.2 Å². The lowest BCUT2D eigenvalue weighted by molar-refractivity contribution is -0.116. The number of aryl methyl sites for hydroxylation is 1. The van der Waals surface area contributed by atoms with E-state index in [0.29, 0.717) is 18.1 Å². The molecule has 2 aromatic heterocycles. The molecule has 2 fully saturated rings. The molecule has 6 rings (SSSR count). The Morgan fingerprint density at radius 1 is 1.00 bits per heavy atom. The number of pyridine rings is 1. The van der Waals surface area contributed by atoms with E-state index in [1.165, 1.54) is 5.69 Å². The van der Waals surface area contributed by atoms with Gasteiger partial charge in [-0.1, -0.05) is 24.3 Å². The van der Waals surface area contributed by atoms with E-state index in [0.717, 1.165) is 60.3 Å². The smallest absolute Gasteiger partial charge is 0.226 e. The summed E-state index contributed by atoms with van der Waals surface area (Å²) in [6.45, 7) is 8.13. The van der Waals surface area contributed by atoms with E-state index in [1.807, 2.05) is 54.7 Å². The second-order valence-corrected chi connectivity index (χ2v) is 11.1. The highest BCUT2D eigenvalue weighted by molar-refractivity contribution is 7.80. The number of rotatable bonds is 8. The molecule has 0 radical (unpaired) electrons. The number of hydrogen-bond acceptors (Lipinski definition) is 5. The number of morpholine rings is 1. The average molecular weight is 581 g/mol. The maximum absolute atomic E-state index is 12.9. The highest BCUT2D eigenvalue weighted by Gasteiger charge is 2.41. The monoisotopic (exact) mass is 580 g/mol. The van der Waals surface area contributed by atoms with Gasteiger partial charge in [0.05, 0.1) is 31.0 Å². The van der Waals surface area contributed by atoms with Crippen molar-refractivity contribution in [2.24, 2.45) is 0 Å². The number of amides is 1. The minimum Gasteiger partial charge on any atom is -0.378 e. The number of thiocarbonyl (C=S) groups is 1. The minimum absolute atomic E-state index is 0.0464. The predicted octanol–water partition coefficient (Wildman–Crippen LogP) is 5.33. The molecule has 2 atom stereocenters. The molecule has 0 unspecified atom stereocenters. The van der Waals surface area contributed by atoms with E-state index in [-0.39, 0.29) is 18.0 Å². The lowest BCUT2D eigenvalue weighted by atomic mass is 9.96. The number of benzene rings is 2. The lowest BCUT2D eigenvalue weighted by Crippen LogP contribution is -2.36. The van der Waals surface area contributed by atoms with Crippen molar-refractivity contribution in [1.29, 1.82) is 0 Å². The first-order valence-electron chi connectivity index (χ1n) is 14.4. The predicted molar refractivity (Wildman–Crippen MR) is 170 cm³/mol. The molecule has 2 saturated heterocycles. The van der Waals surface area contributed by atoms with Gasteiger partial charge >= 0.3 is 0 Å². The van der Waals surface area contributed by atoms with Crippen LogP contribution in [0.25, 0.3) is 5.69 Å². The van der Waals surface area contributed by atoms with E-state index in [9.17, 15) is 4.79 Å². The van der Waals surface area contributed by atoms with Crippen LogP contribution in [-0.2, 0) is 9.53 Å². The molecular weight excluding hydrogens is 544 g/mol. The Labute approximate surface area is 252 Å². The molecule has 2 aliphatic rings. The minimum atomic E-state index is -0.145. The third kappa shape index (κ3) is 5.75. The quantitative estimate of drug-likeness (QED) is 0.273. The first kappa shape index (κ1) is 27.9. The summed E-state index contributed by atoms with van der Waals surface area (Å²) in [6.07, 6.45) is 2.12. The maximum atomic E-state index is 12.9. The second kappa shape index (κ2) is 12.3. The van der Waals surface area contributed by atoms with Crippen molar-refractivity contribution in [3.63, 3.8) is 0 Å². The van der Waals surface area contributed by atoms with Crippen LogP contribution in [-0.4, -0.2) is 58.3 Å². The van der Waals surface area contributed by atoms with Crippen LogP contribution < -0.4 is 15.5 Å². The third-order valence-electron chi connectivity index (χ3n) is 8.11. The number of nitrogens with zero attached hydrogens (tertiary/aromatic N) is 4. The molecule has 4 aromatic rings. The number of anilines is 2. The summed E-state index contributed by atoms with van der Waals surface area (Å²) in [6, 6.07) is 26.2. The molecule has 0 saturated carbocycles. The molecule has 2 aliphatic heterocycles. The maximum Gasteiger partial charge on any atom is 0.226 e. The van der Waals surface area contributed by atoms with Gasteiger partial charge in [0.25, 0.3) is 0 Å². The Morgan fingerprint density at radius 3 is 2.43 bits per heavy atom. The first-order valence-corrected chi connectivity index (χ1v) is 14.9. The molecule has 2 aromatic carbocycles. The molecule has 8 nitrogen and oxygen atoms in total. The van der Waals surface area contributed by atoms with Crippen molar-refractivity contribution < 1.29 is 9.53 Å². The number of para-hydroxylation sites is 1. The summed E-state index contributed by atoms with van der Waals surface area (Å²) >= 11 is 5.86. The number of aromatic nitrogens is 2. The molecule has 42 heavy (non-hydrogen) atoms. The molecular formula is C33H36N6O2S. The van der Waals surface area contributed by atoms with E-state index in [2.05, 4.69) is 74.2 Å². The third-order valence-corrected chi connectivity index (χ3v) is 8.46. The molecule has 4 heterocycles. The normalized spacial score (nSPS) is 18.7. The topological polar surface area (TPSA) is 74.7 Å². The number of ether oxygens (including phenoxy) is 1. The van der Waals surface area contributed by atoms with Crippen LogP contribution in [0.15, 0.2) is 85.1 Å². The molecule has 1 amide bonds. The summed E-state index contributed by atoms with van der Waals surface area (Å²) in [7, 11) is 0. The fraction of sp³-hybridized carbons (Fsp3) is 0.303. The van der Waals surface area contributed by atoms with Crippen LogP contribution >= 0.6 is 12.2 Å². The van der Waals surface area contributed by atoms with Gasteiger partial charge < -0.3 is 29.7 Å². The molecule has 9 heteroatoms. The van der Waals surface area contributed by atoms with Gasteiger partial charge in [-0.25, -0.2) is 0 Å². The van der Waals surface area contributed by atoms with Crippen molar-refractivity contribution in [2.75, 3.05) is 43.1 Å². The fourth-order valence-electron chi connectivity index (χ4n) is 6.07. The zero-order valence-corrected chi connectivity index (χ0v) is 24.8. The van der Waals surface area contributed by atoms with Crippen molar-refractivity contribution in [1.82, 2.24) is 19.8 Å². The Morgan fingerprint density at radius 2 is 1.71 bits per heavy atom. The van der Waals surface area contributed by atoms with Crippen LogP contribution in [0.4, 0.5) is 11.4 Å². The van der Waals surface area contributed by atoms with Crippen LogP contribution in [0, 0.1) is 13.8 Å². The van der Waals surface area contributed by atoms with Crippen LogP contribution in [0.2, 0.25) is 0 Å². The Hall–Kier alpha value is -4.21. The summed E-state index contributed by atoms with van der Waals surface area (Å²) in [4.78, 5) is 22.1. The zero-order chi connectivity index (χ0) is 29.1. The first-order chi connectivity index (χ1) is 20.5. The van der Waals surface area contributed by atoms with E-state index in [4.69, 9.17) is 17.0 Å². The van der Waals surface area contributed by atoms with Gasteiger partial charge in [-0.3, -0.25) is 9.78 Å². The standard InChI is InChI=1S/C33H36N6O2S/c1-23-22-28(24(2)39(23)27-13-11-26(12-14-27)37-18-20-41-21-19-37)32-31(29-10-6-7-16-34-29)36-33(42)38(32)17-15-30(40)35-25-8-4-3-5-9-25/h3-14,16,22,31-32H,15,17-21H2,1-2H3,(H,35,40)(H,36,42)/t31-,32+/m0/s1. The average Bonchev–Trinajstić information content (AvgIpc) is 3.51. The van der Waals surface area contributed by atoms with Crippen molar-refractivity contribution in [2.45, 2.75) is 32.4 Å². The summed E-state index contributed by atoms with van der Waals surface area (Å²) in [5.41, 5.74) is 7.48. The fourth-order valence-corrected chi connectivity index (χ4v) is 6.40. The van der Waals surface area contributed by atoms with Gasteiger partial charge in [0.15, 0.2) is 5.11 Å². The summed E-state index contributed by atoms with van der Waals surface area (Å²) < 4.78 is 7.82. The van der Waals surface area contributed by atoms with E-state index < -0.39 is 0 Å². The summed E-state index contributed by atoms with van der Waals surface area (Å²) in [5, 5.41) is 7.14. The van der Waals surface area contributed by atoms with Crippen LogP contribution in [0.3, 0.4) is 0 Å². The number of nitrogens with one attached hydrogen (secondary N) is 2. The zero-order valence-electron chi connectivity index (χ0n) is 24.0. The lowest BCUT2D eigenvalue weighted by Gasteiger charge is -2.29. The Balaban J connectivity index is 1.29. The van der Waals surface area contributed by atoms with Gasteiger partial charge in [0, 0.05) is 60.7 Å². The largest absolute Gasteiger partial charge is 0.378 e. The SMILES string of the molecule is Cc1cc([C@@H]2[C@H](c3ccccn3)NC(=S)N2CCC(=O)Nc2ccccc2)c(C)n1-c1ccc(N2CCOCC2)cc1. The Bertz CT molecular complexity index is 1530. The second-order valence-electron chi connectivity index (χ2n) is 10.8. The molecule has 216 valence electrons. The van der Waals surface area contributed by atoms with Gasteiger partial charge in [0.2, 0.25) is 5.91 Å². The summed E-state index contributed by atoms with van der Waals surface area (Å²) in [5.74, 6) is -0.0464. The van der Waals surface area contributed by atoms with Crippen LogP contribution in [0.5, 0.6) is 0 Å². The number of carbonyl (C=O) groups is 1. The van der Waals surface area contributed by atoms with Crippen molar-refractivity contribution >= 4 is 34.6 Å². The van der Waals surface area contributed by atoms with E-state index in [1.54, 1.807) is 0 Å². The van der Waals surface area contributed by atoms with E-state index >= 15 is 0 Å². The van der Waals surface area contributed by atoms with Gasteiger partial charge in [0.1, 0.15) is 0 Å². The Kier molecular flexibility index (Phi) is 8.21. The van der Waals surface area contributed by atoms with Crippen molar-refractivity contribution in [3.05, 3.63) is 108 Å².